The van der Waals surface area contributed by atoms with Gasteiger partial charge in [0.1, 0.15) is 0 Å². The third-order valence-electron chi connectivity index (χ3n) is 9.27. The molecule has 0 spiro atoms. The number of para-hydroxylation sites is 2. The zero-order chi connectivity index (χ0) is 32.6. The molecule has 0 fully saturated rings. The fourth-order valence-electron chi connectivity index (χ4n) is 7.25. The van der Waals surface area contributed by atoms with Crippen molar-refractivity contribution in [1.29, 1.82) is 5.26 Å². The molecular weight excluding hydrogens is 581 g/mol. The number of nitrogens with zero attached hydrogens (tertiary/aromatic N) is 2. The molecule has 2 heteroatoms. The molecular formula is C46H30N2. The zero-order valence-corrected chi connectivity index (χ0v) is 26.5. The molecule has 48 heavy (non-hydrogen) atoms. The molecule has 0 N–H and O–H groups in total. The summed E-state index contributed by atoms with van der Waals surface area (Å²) in [5.41, 5.74) is 10.3. The second-order valence-electron chi connectivity index (χ2n) is 12.0. The molecule has 0 bridgehead atoms. The predicted molar refractivity (Wildman–Crippen MR) is 203 cm³/mol. The topological polar surface area (TPSA) is 28.7 Å². The average Bonchev–Trinajstić information content (AvgIpc) is 3.48. The Morgan fingerprint density at radius 2 is 1.10 bits per heavy atom. The van der Waals surface area contributed by atoms with Crippen LogP contribution in [0.15, 0.2) is 158 Å². The second-order valence-corrected chi connectivity index (χ2v) is 12.0. The highest BCUT2D eigenvalue weighted by atomic mass is 15.0. The molecule has 0 atom stereocenters. The van der Waals surface area contributed by atoms with E-state index in [1.807, 2.05) is 18.2 Å². The largest absolute Gasteiger partial charge is 0.309 e. The molecule has 7 aromatic carbocycles. The molecule has 1 aromatic heterocycles. The maximum Gasteiger partial charge on any atom is 0.0991 e. The molecule has 0 aliphatic heterocycles. The molecule has 2 nitrogen and oxygen atoms in total. The molecule has 8 aromatic rings. The van der Waals surface area contributed by atoms with E-state index in [9.17, 15) is 5.26 Å². The van der Waals surface area contributed by atoms with Crippen molar-refractivity contribution in [2.45, 2.75) is 6.92 Å². The van der Waals surface area contributed by atoms with Gasteiger partial charge in [0, 0.05) is 16.8 Å². The second kappa shape index (κ2) is 12.0. The lowest BCUT2D eigenvalue weighted by Crippen LogP contribution is -1.97. The van der Waals surface area contributed by atoms with Crippen LogP contribution in [0.1, 0.15) is 18.1 Å². The van der Waals surface area contributed by atoms with E-state index < -0.39 is 0 Å². The summed E-state index contributed by atoms with van der Waals surface area (Å²) < 4.78 is 2.24. The lowest BCUT2D eigenvalue weighted by molar-refractivity contribution is 1.24. The Balaban J connectivity index is 1.42. The van der Waals surface area contributed by atoms with E-state index in [1.165, 1.54) is 32.7 Å². The van der Waals surface area contributed by atoms with Crippen LogP contribution in [0.4, 0.5) is 0 Å². The number of rotatable bonds is 5. The standard InChI is InChI=1S/C46H30N2/c1-3-15-34(48-43-24-13-11-18-35(43)36-19-12-14-25-44(36)48)28-31(2)42-29-32(30-47)26-27-41(42)46-39-22-9-7-20-37(39)45(33-16-5-4-6-17-33)38-21-8-10-23-40(38)46/h1,4-29H,2H3/b31-28+,34-15+. The van der Waals surface area contributed by atoms with Gasteiger partial charge >= 0.3 is 0 Å². The van der Waals surface area contributed by atoms with Gasteiger partial charge in [0.2, 0.25) is 0 Å². The van der Waals surface area contributed by atoms with Gasteiger partial charge in [-0.3, -0.25) is 0 Å². The minimum absolute atomic E-state index is 0.607. The van der Waals surface area contributed by atoms with E-state index in [4.69, 9.17) is 6.42 Å². The molecule has 0 saturated heterocycles. The first kappa shape index (κ1) is 28.8. The van der Waals surface area contributed by atoms with E-state index in [1.54, 1.807) is 0 Å². The third-order valence-corrected chi connectivity index (χ3v) is 9.27. The number of fused-ring (bicyclic) bond motifs is 5. The minimum atomic E-state index is 0.607. The number of nitriles is 1. The summed E-state index contributed by atoms with van der Waals surface area (Å²) in [7, 11) is 0. The van der Waals surface area contributed by atoms with Gasteiger partial charge in [-0.2, -0.15) is 5.26 Å². The van der Waals surface area contributed by atoms with Gasteiger partial charge in [0.15, 0.2) is 0 Å². The Bertz CT molecular complexity index is 2580. The Hall–Kier alpha value is -6.61. The molecule has 0 aliphatic rings. The Kier molecular flexibility index (Phi) is 7.18. The summed E-state index contributed by atoms with van der Waals surface area (Å²) >= 11 is 0. The van der Waals surface area contributed by atoms with Crippen LogP contribution in [0.25, 0.3) is 76.9 Å². The SMILES string of the molecule is C#C/C=C(\C=C(/C)c1cc(C#N)ccc1-c1c2ccccc2c(-c2ccccc2)c2ccccc12)n1c2ccccc2c2ccccc21. The number of hydrogen-bond donors (Lipinski definition) is 0. The van der Waals surface area contributed by atoms with Crippen LogP contribution < -0.4 is 0 Å². The molecule has 0 unspecified atom stereocenters. The highest BCUT2D eigenvalue weighted by Crippen LogP contribution is 2.45. The fraction of sp³-hybridized carbons (Fsp3) is 0.0217. The molecule has 0 amide bonds. The molecule has 0 aliphatic carbocycles. The Morgan fingerprint density at radius 1 is 0.604 bits per heavy atom. The lowest BCUT2D eigenvalue weighted by Gasteiger charge is -2.20. The number of hydrogen-bond acceptors (Lipinski definition) is 1. The lowest BCUT2D eigenvalue weighted by atomic mass is 9.83. The molecule has 224 valence electrons. The van der Waals surface area contributed by atoms with E-state index in [0.29, 0.717) is 5.56 Å². The number of terminal acetylenes is 1. The van der Waals surface area contributed by atoms with E-state index >= 15 is 0 Å². The van der Waals surface area contributed by atoms with E-state index in [-0.39, 0.29) is 0 Å². The van der Waals surface area contributed by atoms with Crippen molar-refractivity contribution >= 4 is 54.6 Å². The van der Waals surface area contributed by atoms with Crippen molar-refractivity contribution in [3.05, 3.63) is 169 Å². The van der Waals surface area contributed by atoms with Crippen LogP contribution in [0.3, 0.4) is 0 Å². The monoisotopic (exact) mass is 610 g/mol. The quantitative estimate of drug-likeness (QED) is 0.108. The van der Waals surface area contributed by atoms with E-state index in [0.717, 1.165) is 49.8 Å². The van der Waals surface area contributed by atoms with Crippen LogP contribution in [0.2, 0.25) is 0 Å². The van der Waals surface area contributed by atoms with Gasteiger partial charge in [0.25, 0.3) is 0 Å². The Morgan fingerprint density at radius 3 is 1.65 bits per heavy atom. The summed E-state index contributed by atoms with van der Waals surface area (Å²) in [4.78, 5) is 0. The normalized spacial score (nSPS) is 12.1. The van der Waals surface area contributed by atoms with Crippen molar-refractivity contribution in [3.8, 4) is 40.7 Å². The van der Waals surface area contributed by atoms with Crippen molar-refractivity contribution in [2.75, 3.05) is 0 Å². The number of aromatic nitrogens is 1. The van der Waals surface area contributed by atoms with Crippen LogP contribution in [-0.2, 0) is 0 Å². The summed E-state index contributed by atoms with van der Waals surface area (Å²) in [5, 5.41) is 17.1. The molecule has 0 radical (unpaired) electrons. The first-order valence-electron chi connectivity index (χ1n) is 16.0. The zero-order valence-electron chi connectivity index (χ0n) is 26.5. The van der Waals surface area contributed by atoms with Gasteiger partial charge in [-0.1, -0.05) is 127 Å². The molecule has 8 rings (SSSR count). The van der Waals surface area contributed by atoms with E-state index in [2.05, 4.69) is 163 Å². The van der Waals surface area contributed by atoms with Crippen molar-refractivity contribution in [2.24, 2.45) is 0 Å². The van der Waals surface area contributed by atoms with Gasteiger partial charge in [-0.05, 0) is 92.2 Å². The maximum absolute atomic E-state index is 10.1. The summed E-state index contributed by atoms with van der Waals surface area (Å²) in [6, 6.07) is 53.2. The van der Waals surface area contributed by atoms with Crippen molar-refractivity contribution in [3.63, 3.8) is 0 Å². The highest BCUT2D eigenvalue weighted by Gasteiger charge is 2.20. The van der Waals surface area contributed by atoms with Gasteiger partial charge in [-0.15, -0.1) is 6.42 Å². The summed E-state index contributed by atoms with van der Waals surface area (Å²) in [6.07, 6.45) is 9.96. The third kappa shape index (κ3) is 4.68. The van der Waals surface area contributed by atoms with Gasteiger partial charge in [0.05, 0.1) is 28.4 Å². The summed E-state index contributed by atoms with van der Waals surface area (Å²) in [6.45, 7) is 2.11. The van der Waals surface area contributed by atoms with Crippen LogP contribution in [-0.4, -0.2) is 4.57 Å². The first-order valence-corrected chi connectivity index (χ1v) is 16.0. The van der Waals surface area contributed by atoms with Crippen LogP contribution in [0, 0.1) is 23.7 Å². The van der Waals surface area contributed by atoms with Crippen LogP contribution >= 0.6 is 0 Å². The minimum Gasteiger partial charge on any atom is -0.309 e. The number of benzene rings is 7. The summed E-state index contributed by atoms with van der Waals surface area (Å²) in [5.74, 6) is 2.80. The highest BCUT2D eigenvalue weighted by molar-refractivity contribution is 6.22. The first-order chi connectivity index (χ1) is 23.7. The smallest absolute Gasteiger partial charge is 0.0991 e. The predicted octanol–water partition coefficient (Wildman–Crippen LogP) is 11.9. The van der Waals surface area contributed by atoms with Crippen molar-refractivity contribution in [1.82, 2.24) is 4.57 Å². The number of allylic oxidation sites excluding steroid dienone is 4. The molecule has 1 heterocycles. The average molecular weight is 611 g/mol. The van der Waals surface area contributed by atoms with Gasteiger partial charge < -0.3 is 4.57 Å². The Labute approximate surface area is 280 Å². The van der Waals surface area contributed by atoms with Crippen molar-refractivity contribution < 1.29 is 0 Å². The maximum atomic E-state index is 10.1. The van der Waals surface area contributed by atoms with Crippen LogP contribution in [0.5, 0.6) is 0 Å². The fourth-order valence-corrected chi connectivity index (χ4v) is 7.25. The van der Waals surface area contributed by atoms with Gasteiger partial charge in [-0.25, -0.2) is 0 Å². The molecule has 0 saturated carbocycles.